The van der Waals surface area contributed by atoms with Gasteiger partial charge < -0.3 is 14.3 Å². The second kappa shape index (κ2) is 14.9. The van der Waals surface area contributed by atoms with E-state index in [1.807, 2.05) is 48.7 Å². The highest BCUT2D eigenvalue weighted by Crippen LogP contribution is 2.51. The molecule has 2 bridgehead atoms. The van der Waals surface area contributed by atoms with Crippen LogP contribution in [0.15, 0.2) is 146 Å². The fourth-order valence-electron chi connectivity index (χ4n) is 9.58. The lowest BCUT2D eigenvalue weighted by Gasteiger charge is -2.59. The number of phenolic OH excluding ortho intramolecular Hbond substituents is 1. The smallest absolute Gasteiger partial charge is 0.226 e. The van der Waals surface area contributed by atoms with E-state index in [-0.39, 0.29) is 11.8 Å². The summed E-state index contributed by atoms with van der Waals surface area (Å²) in [5, 5.41) is 12.0. The number of quaternary nitrogens is 1. The molecule has 274 valence electrons. The number of fused-ring (bicyclic) bond motifs is 4. The number of phenols is 1. The van der Waals surface area contributed by atoms with Gasteiger partial charge in [-0.3, -0.25) is 4.98 Å². The van der Waals surface area contributed by atoms with Crippen LogP contribution in [0.3, 0.4) is 0 Å². The molecule has 0 aliphatic carbocycles. The van der Waals surface area contributed by atoms with Crippen LogP contribution < -0.4 is 4.74 Å². The third-order valence-corrected chi connectivity index (χ3v) is 12.5. The van der Waals surface area contributed by atoms with Crippen molar-refractivity contribution in [2.45, 2.75) is 44.9 Å². The summed E-state index contributed by atoms with van der Waals surface area (Å²) in [5.41, 5.74) is 9.60. The molecule has 3 aliphatic rings. The van der Waals surface area contributed by atoms with Crippen LogP contribution in [0, 0.1) is 11.8 Å². The molecule has 7 aromatic rings. The summed E-state index contributed by atoms with van der Waals surface area (Å²) in [5.74, 6) is 1.83. The number of hydrogen-bond acceptors (Lipinski definition) is 5. The summed E-state index contributed by atoms with van der Waals surface area (Å²) < 4.78 is 8.26. The Kier molecular flexibility index (Phi) is 9.55. The van der Waals surface area contributed by atoms with Gasteiger partial charge in [-0.05, 0) is 70.5 Å². The topological polar surface area (TPSA) is 68.1 Å². The maximum atomic E-state index is 10.8. The molecule has 3 aliphatic heterocycles. The Hall–Kier alpha value is -5.56. The molecule has 6 nitrogen and oxygen atoms in total. The predicted octanol–water partition coefficient (Wildman–Crippen LogP) is 11.3. The van der Waals surface area contributed by atoms with Crippen LogP contribution in [0.1, 0.15) is 43.4 Å². The molecule has 10 rings (SSSR count). The third kappa shape index (κ3) is 6.75. The maximum Gasteiger partial charge on any atom is 0.226 e. The third-order valence-electron chi connectivity index (χ3n) is 12.2. The van der Waals surface area contributed by atoms with Gasteiger partial charge in [0, 0.05) is 41.5 Å². The van der Waals surface area contributed by atoms with E-state index in [1.165, 1.54) is 40.6 Å². The first-order valence-corrected chi connectivity index (χ1v) is 19.8. The van der Waals surface area contributed by atoms with E-state index in [0.29, 0.717) is 28.4 Å². The van der Waals surface area contributed by atoms with Gasteiger partial charge in [0.25, 0.3) is 0 Å². The molecule has 0 spiro atoms. The lowest BCUT2D eigenvalue weighted by atomic mass is 9.70. The van der Waals surface area contributed by atoms with E-state index in [9.17, 15) is 5.11 Å². The van der Waals surface area contributed by atoms with Gasteiger partial charge in [0.2, 0.25) is 5.88 Å². The summed E-state index contributed by atoms with van der Waals surface area (Å²) in [4.78, 5) is 13.9. The van der Waals surface area contributed by atoms with Gasteiger partial charge >= 0.3 is 0 Å². The van der Waals surface area contributed by atoms with Crippen LogP contribution in [-0.2, 0) is 6.54 Å². The van der Waals surface area contributed by atoms with Crippen LogP contribution >= 0.6 is 11.6 Å². The SMILES string of the molecule is CCC1C[N+]2(Cc3cc(-c4ccccc4)ccc3-c3ccccc3)CCC1CC2[C@@H](Oc1ncnc(Cl)c1-c1ccccc1)c1ccnc2ccc(O)cc12. The number of rotatable bonds is 10. The number of ether oxygens (including phenoxy) is 1. The van der Waals surface area contributed by atoms with Crippen LogP contribution in [0.5, 0.6) is 11.6 Å². The Morgan fingerprint density at radius 3 is 2.25 bits per heavy atom. The molecule has 7 heteroatoms. The summed E-state index contributed by atoms with van der Waals surface area (Å²) in [6.45, 7) is 5.30. The average molecular weight is 744 g/mol. The lowest BCUT2D eigenvalue weighted by Crippen LogP contribution is -2.68. The highest BCUT2D eigenvalue weighted by Gasteiger charge is 2.55. The number of piperidine rings is 3. The fourth-order valence-corrected chi connectivity index (χ4v) is 9.81. The molecule has 1 N–H and O–H groups in total. The quantitative estimate of drug-likeness (QED) is 0.112. The van der Waals surface area contributed by atoms with Gasteiger partial charge in [-0.15, -0.1) is 0 Å². The molecule has 5 heterocycles. The molecule has 5 aromatic carbocycles. The molecule has 3 fully saturated rings. The lowest BCUT2D eigenvalue weighted by molar-refractivity contribution is -0.985. The second-order valence-corrected chi connectivity index (χ2v) is 15.6. The van der Waals surface area contributed by atoms with Crippen molar-refractivity contribution in [3.8, 4) is 45.0 Å². The van der Waals surface area contributed by atoms with Crippen molar-refractivity contribution in [1.29, 1.82) is 0 Å². The number of nitrogens with zero attached hydrogens (tertiary/aromatic N) is 4. The summed E-state index contributed by atoms with van der Waals surface area (Å²) in [7, 11) is 0. The highest BCUT2D eigenvalue weighted by atomic mass is 35.5. The Morgan fingerprint density at radius 1 is 0.782 bits per heavy atom. The fraction of sp³-hybridized carbons (Fsp3) is 0.229. The molecule has 0 amide bonds. The average Bonchev–Trinajstić information content (AvgIpc) is 3.23. The Labute approximate surface area is 327 Å². The van der Waals surface area contributed by atoms with E-state index in [1.54, 1.807) is 6.07 Å². The molecule has 0 radical (unpaired) electrons. The van der Waals surface area contributed by atoms with Crippen LogP contribution in [0.2, 0.25) is 5.15 Å². The zero-order valence-corrected chi connectivity index (χ0v) is 31.7. The van der Waals surface area contributed by atoms with Gasteiger partial charge in [-0.1, -0.05) is 122 Å². The zero-order chi connectivity index (χ0) is 37.4. The molecule has 55 heavy (non-hydrogen) atoms. The molecule has 3 saturated heterocycles. The van der Waals surface area contributed by atoms with Gasteiger partial charge in [-0.2, -0.15) is 0 Å². The van der Waals surface area contributed by atoms with Crippen molar-refractivity contribution in [2.75, 3.05) is 13.1 Å². The summed E-state index contributed by atoms with van der Waals surface area (Å²) in [6, 6.07) is 46.0. The molecule has 5 atom stereocenters. The van der Waals surface area contributed by atoms with Crippen LogP contribution in [0.4, 0.5) is 0 Å². The Bertz CT molecular complexity index is 2450. The monoisotopic (exact) mass is 743 g/mol. The number of aromatic hydroxyl groups is 1. The molecule has 0 saturated carbocycles. The largest absolute Gasteiger partial charge is 0.508 e. The van der Waals surface area contributed by atoms with Crippen molar-refractivity contribution < 1.29 is 14.3 Å². The van der Waals surface area contributed by atoms with Gasteiger partial charge in [0.15, 0.2) is 6.10 Å². The minimum atomic E-state index is -0.432. The Balaban J connectivity index is 1.23. The van der Waals surface area contributed by atoms with Crippen LogP contribution in [-0.4, -0.2) is 43.7 Å². The first-order valence-electron chi connectivity index (χ1n) is 19.4. The van der Waals surface area contributed by atoms with Crippen molar-refractivity contribution in [1.82, 2.24) is 15.0 Å². The normalized spacial score (nSPS) is 21.0. The van der Waals surface area contributed by atoms with Crippen molar-refractivity contribution in [2.24, 2.45) is 11.8 Å². The summed E-state index contributed by atoms with van der Waals surface area (Å²) >= 11 is 6.89. The van der Waals surface area contributed by atoms with Gasteiger partial charge in [-0.25, -0.2) is 9.97 Å². The standard InChI is InChI=1S/C48H43ClN4O2/c1-2-32-29-53(30-38-26-36(33-12-6-3-7-13-33)18-20-40(38)34-14-8-4-9-15-34)25-23-37(32)27-44(53)46(41-22-24-50-43-21-19-39(54)28-42(41)43)55-48-45(47(49)51-31-52-48)35-16-10-5-11-17-35/h3-22,24,26,28,31-32,37,44,46H,2,23,25,27,29-30H2,1H3/p+1/t32?,37?,44?,46-,53?/m0/s1. The van der Waals surface area contributed by atoms with Crippen molar-refractivity contribution in [3.63, 3.8) is 0 Å². The number of halogens is 1. The second-order valence-electron chi connectivity index (χ2n) is 15.3. The van der Waals surface area contributed by atoms with Gasteiger partial charge in [0.1, 0.15) is 29.8 Å². The van der Waals surface area contributed by atoms with Crippen molar-refractivity contribution in [3.05, 3.63) is 162 Å². The minimum Gasteiger partial charge on any atom is -0.508 e. The van der Waals surface area contributed by atoms with E-state index >= 15 is 0 Å². The molecular formula is C48H44ClN4O2+. The van der Waals surface area contributed by atoms with Gasteiger partial charge in [0.05, 0.1) is 24.2 Å². The highest BCUT2D eigenvalue weighted by molar-refractivity contribution is 6.32. The molecular weight excluding hydrogens is 700 g/mol. The van der Waals surface area contributed by atoms with E-state index in [4.69, 9.17) is 26.3 Å². The summed E-state index contributed by atoms with van der Waals surface area (Å²) in [6.07, 6.45) is 6.24. The minimum absolute atomic E-state index is 0.0656. The van der Waals surface area contributed by atoms with Crippen molar-refractivity contribution >= 4 is 22.5 Å². The Morgan fingerprint density at radius 2 is 1.51 bits per heavy atom. The van der Waals surface area contributed by atoms with Crippen LogP contribution in [0.25, 0.3) is 44.3 Å². The number of aromatic nitrogens is 3. The predicted molar refractivity (Wildman–Crippen MR) is 221 cm³/mol. The zero-order valence-electron chi connectivity index (χ0n) is 30.9. The molecule has 2 aromatic heterocycles. The van der Waals surface area contributed by atoms with E-state index in [0.717, 1.165) is 59.0 Å². The van der Waals surface area contributed by atoms with E-state index < -0.39 is 6.10 Å². The number of benzene rings is 5. The molecule has 4 unspecified atom stereocenters. The number of pyridine rings is 1. The first-order chi connectivity index (χ1) is 27.0. The van der Waals surface area contributed by atoms with E-state index in [2.05, 4.69) is 96.8 Å². The number of hydrogen-bond donors (Lipinski definition) is 1. The maximum absolute atomic E-state index is 10.8. The first kappa shape index (κ1) is 35.2.